The van der Waals surface area contributed by atoms with Gasteiger partial charge in [-0.15, -0.1) is 0 Å². The van der Waals surface area contributed by atoms with Crippen LogP contribution in [0.15, 0.2) is 85.2 Å². The van der Waals surface area contributed by atoms with Crippen molar-refractivity contribution in [3.05, 3.63) is 102 Å². The minimum Gasteiger partial charge on any atom is -0.383 e. The Morgan fingerprint density at radius 2 is 1.82 bits per heavy atom. The third-order valence-corrected chi connectivity index (χ3v) is 8.42. The smallest absolute Gasteiger partial charge is 0.226 e. The second-order valence-corrected chi connectivity index (χ2v) is 11.6. The molecule has 1 atom stereocenters. The third-order valence-electron chi connectivity index (χ3n) is 8.42. The highest BCUT2D eigenvalue weighted by Gasteiger charge is 2.21. The van der Waals surface area contributed by atoms with Gasteiger partial charge in [-0.05, 0) is 72.4 Å². The van der Waals surface area contributed by atoms with Gasteiger partial charge in [-0.2, -0.15) is 5.26 Å². The molecular formula is C35H34N10. The number of hydrogen-bond donors (Lipinski definition) is 1. The van der Waals surface area contributed by atoms with Gasteiger partial charge in [0.15, 0.2) is 11.5 Å². The molecule has 5 aromatic rings. The number of nitriles is 1. The average Bonchev–Trinajstić information content (AvgIpc) is 3.29. The second kappa shape index (κ2) is 12.3. The van der Waals surface area contributed by atoms with Gasteiger partial charge >= 0.3 is 0 Å². The van der Waals surface area contributed by atoms with E-state index in [0.29, 0.717) is 29.2 Å². The Bertz CT molecular complexity index is 1950. The molecule has 5 heterocycles. The highest BCUT2D eigenvalue weighted by molar-refractivity contribution is 5.85. The van der Waals surface area contributed by atoms with E-state index in [0.717, 1.165) is 79.2 Å². The van der Waals surface area contributed by atoms with Crippen LogP contribution in [0, 0.1) is 17.2 Å². The van der Waals surface area contributed by atoms with Crippen LogP contribution < -0.4 is 10.6 Å². The number of nitrogens with zero attached hydrogens (tertiary/aromatic N) is 9. The van der Waals surface area contributed by atoms with E-state index >= 15 is 0 Å². The van der Waals surface area contributed by atoms with Crippen LogP contribution in [-0.4, -0.2) is 60.6 Å². The summed E-state index contributed by atoms with van der Waals surface area (Å²) in [6.07, 6.45) is 12.0. The van der Waals surface area contributed by atoms with Gasteiger partial charge in [0.1, 0.15) is 23.1 Å². The summed E-state index contributed by atoms with van der Waals surface area (Å²) in [6.45, 7) is 6.58. The predicted molar refractivity (Wildman–Crippen MR) is 176 cm³/mol. The number of anilines is 2. The van der Waals surface area contributed by atoms with Crippen LogP contribution in [0.2, 0.25) is 0 Å². The summed E-state index contributed by atoms with van der Waals surface area (Å²) in [5.74, 6) is 2.30. The number of nitrogen functional groups attached to an aromatic ring is 1. The molecule has 224 valence electrons. The van der Waals surface area contributed by atoms with Gasteiger partial charge in [-0.1, -0.05) is 37.3 Å². The van der Waals surface area contributed by atoms with E-state index < -0.39 is 0 Å². The molecule has 1 fully saturated rings. The molecule has 1 aliphatic heterocycles. The first-order chi connectivity index (χ1) is 22.1. The van der Waals surface area contributed by atoms with Crippen LogP contribution in [0.1, 0.15) is 36.7 Å². The Labute approximate surface area is 262 Å². The molecule has 45 heavy (non-hydrogen) atoms. The average molecular weight is 595 g/mol. The maximum atomic E-state index is 9.23. The summed E-state index contributed by atoms with van der Waals surface area (Å²) in [7, 11) is 0. The molecule has 1 aromatic carbocycles. The molecule has 1 unspecified atom stereocenters. The topological polar surface area (TPSA) is 126 Å². The van der Waals surface area contributed by atoms with E-state index in [1.54, 1.807) is 18.5 Å². The van der Waals surface area contributed by atoms with Crippen molar-refractivity contribution in [3.63, 3.8) is 0 Å². The van der Waals surface area contributed by atoms with E-state index in [-0.39, 0.29) is 0 Å². The summed E-state index contributed by atoms with van der Waals surface area (Å²) in [5.41, 5.74) is 13.3. The Kier molecular flexibility index (Phi) is 7.76. The molecule has 10 heteroatoms. The number of fused-ring (bicyclic) bond motifs is 1. The summed E-state index contributed by atoms with van der Waals surface area (Å²) in [5, 5.41) is 9.23. The second-order valence-electron chi connectivity index (χ2n) is 11.6. The van der Waals surface area contributed by atoms with E-state index in [1.807, 2.05) is 24.3 Å². The molecule has 0 radical (unpaired) electrons. The van der Waals surface area contributed by atoms with Crippen LogP contribution in [0.25, 0.3) is 33.8 Å². The first-order valence-corrected chi connectivity index (χ1v) is 15.3. The molecule has 0 bridgehead atoms. The van der Waals surface area contributed by atoms with Crippen molar-refractivity contribution in [1.29, 1.82) is 5.26 Å². The number of imidazole rings is 1. The number of pyridine rings is 2. The Balaban J connectivity index is 1.17. The first-order valence-electron chi connectivity index (χ1n) is 15.3. The minimum absolute atomic E-state index is 0.394. The quantitative estimate of drug-likeness (QED) is 0.274. The summed E-state index contributed by atoms with van der Waals surface area (Å²) >= 11 is 0. The van der Waals surface area contributed by atoms with Gasteiger partial charge in [0.25, 0.3) is 0 Å². The summed E-state index contributed by atoms with van der Waals surface area (Å²) < 4.78 is 2.09. The fourth-order valence-electron chi connectivity index (χ4n) is 5.97. The van der Waals surface area contributed by atoms with Crippen molar-refractivity contribution in [1.82, 2.24) is 34.4 Å². The van der Waals surface area contributed by atoms with Crippen molar-refractivity contribution >= 4 is 28.5 Å². The van der Waals surface area contributed by atoms with E-state index in [9.17, 15) is 5.26 Å². The molecular weight excluding hydrogens is 560 g/mol. The van der Waals surface area contributed by atoms with E-state index in [1.165, 1.54) is 5.56 Å². The number of aromatic nitrogens is 6. The van der Waals surface area contributed by atoms with Crippen LogP contribution >= 0.6 is 0 Å². The molecule has 0 amide bonds. The van der Waals surface area contributed by atoms with Crippen LogP contribution in [0.5, 0.6) is 0 Å². The number of allylic oxidation sites excluding steroid dienone is 4. The zero-order valence-corrected chi connectivity index (χ0v) is 25.2. The molecule has 0 spiro atoms. The molecule has 1 aliphatic carbocycles. The first kappa shape index (κ1) is 28.4. The van der Waals surface area contributed by atoms with Crippen LogP contribution in [0.4, 0.5) is 11.8 Å². The molecule has 4 aromatic heterocycles. The Morgan fingerprint density at radius 1 is 0.933 bits per heavy atom. The minimum atomic E-state index is 0.394. The predicted octanol–water partition coefficient (Wildman–Crippen LogP) is 5.42. The molecule has 10 nitrogen and oxygen atoms in total. The largest absolute Gasteiger partial charge is 0.383 e. The number of benzene rings is 1. The summed E-state index contributed by atoms with van der Waals surface area (Å²) in [4.78, 5) is 27.9. The van der Waals surface area contributed by atoms with Crippen LogP contribution in [0.3, 0.4) is 0 Å². The number of rotatable bonds is 6. The molecule has 7 rings (SSSR count). The van der Waals surface area contributed by atoms with Crippen molar-refractivity contribution in [3.8, 4) is 23.1 Å². The highest BCUT2D eigenvalue weighted by atomic mass is 15.3. The number of nitrogens with two attached hydrogens (primary N) is 1. The van der Waals surface area contributed by atoms with Crippen LogP contribution in [-0.2, 0) is 6.54 Å². The monoisotopic (exact) mass is 594 g/mol. The zero-order chi connectivity index (χ0) is 30.8. The number of hydrogen-bond acceptors (Lipinski definition) is 9. The maximum Gasteiger partial charge on any atom is 0.226 e. The Morgan fingerprint density at radius 3 is 2.62 bits per heavy atom. The maximum absolute atomic E-state index is 9.23. The van der Waals surface area contributed by atoms with Gasteiger partial charge in [-0.25, -0.2) is 24.9 Å². The zero-order valence-electron chi connectivity index (χ0n) is 25.2. The van der Waals surface area contributed by atoms with Crippen molar-refractivity contribution in [2.75, 3.05) is 36.8 Å². The van der Waals surface area contributed by atoms with Gasteiger partial charge in [0.05, 0.1) is 11.3 Å². The standard InChI is InChI=1S/C35H34N10/c1-24-5-9-26(10-6-24)30-13-14-31-34(41-30)45(33(42-31)29-4-2-16-38-32(29)37)28-11-7-25(8-12-28)23-43-18-3-19-44(21-20-43)35-39-17-15-27(22-36)40-35/h2,4-5,7-17,24H,3,6,18-21,23H2,1H3,(H2,37,38). The van der Waals surface area contributed by atoms with Crippen molar-refractivity contribution < 1.29 is 0 Å². The molecule has 0 saturated carbocycles. The fraction of sp³-hybridized carbons (Fsp3) is 0.257. The highest BCUT2D eigenvalue weighted by Crippen LogP contribution is 2.32. The lowest BCUT2D eigenvalue weighted by Crippen LogP contribution is -2.31. The molecule has 2 aliphatic rings. The lowest BCUT2D eigenvalue weighted by atomic mass is 9.97. The SMILES string of the molecule is CC1C=CC(c2ccc3nc(-c4cccnc4N)n(-c4ccc(CN5CCCN(c6nccc(C#N)n6)CC5)cc4)c3n2)=CC1. The van der Waals surface area contributed by atoms with Crippen molar-refractivity contribution in [2.24, 2.45) is 5.92 Å². The third kappa shape index (κ3) is 5.90. The lowest BCUT2D eigenvalue weighted by Gasteiger charge is -2.22. The van der Waals surface area contributed by atoms with Gasteiger partial charge in [0.2, 0.25) is 5.95 Å². The van der Waals surface area contributed by atoms with E-state index in [2.05, 4.69) is 84.8 Å². The van der Waals surface area contributed by atoms with E-state index in [4.69, 9.17) is 15.7 Å². The fourth-order valence-corrected chi connectivity index (χ4v) is 5.97. The molecule has 2 N–H and O–H groups in total. The summed E-state index contributed by atoms with van der Waals surface area (Å²) in [6, 6.07) is 20.3. The van der Waals surface area contributed by atoms with Gasteiger partial charge in [0, 0.05) is 50.8 Å². The lowest BCUT2D eigenvalue weighted by molar-refractivity contribution is 0.285. The molecule has 1 saturated heterocycles. The normalized spacial score (nSPS) is 17.2. The van der Waals surface area contributed by atoms with Gasteiger partial charge < -0.3 is 10.6 Å². The van der Waals surface area contributed by atoms with Crippen molar-refractivity contribution in [2.45, 2.75) is 26.3 Å². The Hall–Kier alpha value is -5.40. The van der Waals surface area contributed by atoms with Gasteiger partial charge in [-0.3, -0.25) is 9.47 Å².